The molecule has 0 amide bonds. The number of hydrogen-bond donors (Lipinski definition) is 1. The van der Waals surface area contributed by atoms with Crippen molar-refractivity contribution in [3.8, 4) is 0 Å². The molecule has 1 aromatic carbocycles. The Morgan fingerprint density at radius 1 is 1.15 bits per heavy atom. The van der Waals surface area contributed by atoms with Crippen LogP contribution in [0.5, 0.6) is 0 Å². The first-order valence-electron chi connectivity index (χ1n) is 7.36. The molecule has 1 aliphatic heterocycles. The number of β-amino-alcohol motifs (C(OH)–C–C–N with tert-alkyl or cyclic N) is 1. The molecule has 1 saturated heterocycles. The Kier molecular flexibility index (Phi) is 5.98. The Bertz CT molecular complexity index is 386. The third-order valence-corrected chi connectivity index (χ3v) is 3.76. The molecule has 0 aromatic heterocycles. The van der Waals surface area contributed by atoms with Crippen LogP contribution in [0.25, 0.3) is 0 Å². The van der Waals surface area contributed by atoms with Gasteiger partial charge in [-0.05, 0) is 19.5 Å². The van der Waals surface area contributed by atoms with Gasteiger partial charge >= 0.3 is 0 Å². The van der Waals surface area contributed by atoms with Crippen LogP contribution < -0.4 is 0 Å². The molecule has 1 heterocycles. The number of hydrogen-bond acceptors (Lipinski definition) is 4. The lowest BCUT2D eigenvalue weighted by molar-refractivity contribution is 0.00296. The van der Waals surface area contributed by atoms with Crippen LogP contribution in [0.4, 0.5) is 0 Å². The lowest BCUT2D eigenvalue weighted by atomic mass is 10.2. The van der Waals surface area contributed by atoms with Gasteiger partial charge in [-0.15, -0.1) is 0 Å². The van der Waals surface area contributed by atoms with Crippen molar-refractivity contribution in [1.29, 1.82) is 0 Å². The zero-order valence-corrected chi connectivity index (χ0v) is 12.6. The molecule has 20 heavy (non-hydrogen) atoms. The molecule has 4 heteroatoms. The first kappa shape index (κ1) is 15.4. The van der Waals surface area contributed by atoms with Crippen LogP contribution in [0.2, 0.25) is 0 Å². The molecular weight excluding hydrogens is 252 g/mol. The van der Waals surface area contributed by atoms with Crippen LogP contribution in [0, 0.1) is 6.92 Å². The number of aliphatic hydroxyl groups is 1. The monoisotopic (exact) mass is 278 g/mol. The molecule has 1 aliphatic rings. The van der Waals surface area contributed by atoms with Gasteiger partial charge in [-0.2, -0.15) is 0 Å². The second-order valence-corrected chi connectivity index (χ2v) is 5.76. The maximum Gasteiger partial charge on any atom is 0.0900 e. The third kappa shape index (κ3) is 5.21. The largest absolute Gasteiger partial charge is 0.389 e. The van der Waals surface area contributed by atoms with Gasteiger partial charge in [-0.1, -0.05) is 29.8 Å². The van der Waals surface area contributed by atoms with Gasteiger partial charge in [-0.25, -0.2) is 0 Å². The number of ether oxygens (including phenoxy) is 1. The fourth-order valence-electron chi connectivity index (χ4n) is 2.38. The van der Waals surface area contributed by atoms with E-state index in [-0.39, 0.29) is 0 Å². The normalized spacial score (nSPS) is 19.1. The minimum atomic E-state index is -0.399. The Balaban J connectivity index is 1.62. The van der Waals surface area contributed by atoms with E-state index in [2.05, 4.69) is 48.0 Å². The summed E-state index contributed by atoms with van der Waals surface area (Å²) < 4.78 is 5.60. The highest BCUT2D eigenvalue weighted by Gasteiger charge is 2.16. The smallest absolute Gasteiger partial charge is 0.0900 e. The predicted octanol–water partition coefficient (Wildman–Crippen LogP) is 1.12. The Morgan fingerprint density at radius 2 is 1.80 bits per heavy atom. The molecule has 112 valence electrons. The van der Waals surface area contributed by atoms with Crippen LogP contribution in [0.3, 0.4) is 0 Å². The van der Waals surface area contributed by atoms with E-state index in [0.717, 1.165) is 31.7 Å². The molecule has 4 nitrogen and oxygen atoms in total. The van der Waals surface area contributed by atoms with Gasteiger partial charge in [0, 0.05) is 32.7 Å². The zero-order valence-electron chi connectivity index (χ0n) is 12.6. The van der Waals surface area contributed by atoms with E-state index in [0.29, 0.717) is 19.8 Å². The minimum Gasteiger partial charge on any atom is -0.389 e. The summed E-state index contributed by atoms with van der Waals surface area (Å²) in [6, 6.07) is 8.31. The zero-order chi connectivity index (χ0) is 14.4. The van der Waals surface area contributed by atoms with E-state index in [9.17, 15) is 5.11 Å². The van der Waals surface area contributed by atoms with Gasteiger partial charge < -0.3 is 14.7 Å². The average Bonchev–Trinajstić information content (AvgIpc) is 2.44. The van der Waals surface area contributed by atoms with Crippen LogP contribution >= 0.6 is 0 Å². The summed E-state index contributed by atoms with van der Waals surface area (Å²) in [7, 11) is 2.14. The van der Waals surface area contributed by atoms with E-state index in [1.165, 1.54) is 5.56 Å². The molecule has 0 aliphatic carbocycles. The van der Waals surface area contributed by atoms with E-state index in [1.54, 1.807) is 0 Å². The van der Waals surface area contributed by atoms with Crippen LogP contribution in [0.1, 0.15) is 11.1 Å². The number of benzene rings is 1. The highest BCUT2D eigenvalue weighted by molar-refractivity contribution is 5.20. The fraction of sp³-hybridized carbons (Fsp3) is 0.625. The maximum atomic E-state index is 10.0. The lowest BCUT2D eigenvalue weighted by Gasteiger charge is -2.33. The van der Waals surface area contributed by atoms with Crippen molar-refractivity contribution in [2.45, 2.75) is 19.6 Å². The fourth-order valence-corrected chi connectivity index (χ4v) is 2.38. The molecular formula is C16H26N2O2. The van der Waals surface area contributed by atoms with Gasteiger partial charge in [0.15, 0.2) is 0 Å². The maximum absolute atomic E-state index is 10.0. The topological polar surface area (TPSA) is 35.9 Å². The predicted molar refractivity (Wildman–Crippen MR) is 80.8 cm³/mol. The number of rotatable bonds is 6. The van der Waals surface area contributed by atoms with Crippen molar-refractivity contribution in [2.24, 2.45) is 0 Å². The number of nitrogens with zero attached hydrogens (tertiary/aromatic N) is 2. The molecule has 1 atom stereocenters. The number of likely N-dealkylation sites (N-methyl/N-ethyl adjacent to an activating group) is 1. The van der Waals surface area contributed by atoms with E-state index < -0.39 is 6.10 Å². The SMILES string of the molecule is Cc1ccc(COC[C@H](O)CN2CCN(C)CC2)cc1. The molecule has 0 spiro atoms. The summed E-state index contributed by atoms with van der Waals surface area (Å²) >= 11 is 0. The van der Waals surface area contributed by atoms with Gasteiger partial charge in [0.2, 0.25) is 0 Å². The van der Waals surface area contributed by atoms with Gasteiger partial charge in [0.25, 0.3) is 0 Å². The molecule has 1 fully saturated rings. The van der Waals surface area contributed by atoms with Crippen LogP contribution in [-0.2, 0) is 11.3 Å². The first-order valence-corrected chi connectivity index (χ1v) is 7.36. The molecule has 0 saturated carbocycles. The Morgan fingerprint density at radius 3 is 2.45 bits per heavy atom. The van der Waals surface area contributed by atoms with E-state index in [4.69, 9.17) is 4.74 Å². The van der Waals surface area contributed by atoms with Crippen molar-refractivity contribution in [1.82, 2.24) is 9.80 Å². The van der Waals surface area contributed by atoms with Crippen molar-refractivity contribution >= 4 is 0 Å². The van der Waals surface area contributed by atoms with Crippen LogP contribution in [-0.4, -0.2) is 67.4 Å². The van der Waals surface area contributed by atoms with Gasteiger partial charge in [-0.3, -0.25) is 4.90 Å². The minimum absolute atomic E-state index is 0.399. The molecule has 0 unspecified atom stereocenters. The molecule has 2 rings (SSSR count). The second kappa shape index (κ2) is 7.74. The number of aryl methyl sites for hydroxylation is 1. The standard InChI is InChI=1S/C16H26N2O2/c1-14-3-5-15(6-4-14)12-20-13-16(19)11-18-9-7-17(2)8-10-18/h3-6,16,19H,7-13H2,1-2H3/t16-/m1/s1. The summed E-state index contributed by atoms with van der Waals surface area (Å²) in [5, 5.41) is 10.0. The van der Waals surface area contributed by atoms with E-state index in [1.807, 2.05) is 0 Å². The van der Waals surface area contributed by atoms with Gasteiger partial charge in [0.05, 0.1) is 19.3 Å². The molecule has 1 N–H and O–H groups in total. The van der Waals surface area contributed by atoms with Crippen molar-refractivity contribution < 1.29 is 9.84 Å². The first-order chi connectivity index (χ1) is 9.63. The molecule has 0 radical (unpaired) electrons. The second-order valence-electron chi connectivity index (χ2n) is 5.76. The highest BCUT2D eigenvalue weighted by Crippen LogP contribution is 2.06. The molecule has 1 aromatic rings. The average molecular weight is 278 g/mol. The quantitative estimate of drug-likeness (QED) is 0.846. The van der Waals surface area contributed by atoms with Crippen molar-refractivity contribution in [3.05, 3.63) is 35.4 Å². The van der Waals surface area contributed by atoms with Crippen molar-refractivity contribution in [2.75, 3.05) is 46.4 Å². The van der Waals surface area contributed by atoms with E-state index >= 15 is 0 Å². The van der Waals surface area contributed by atoms with Gasteiger partial charge in [0.1, 0.15) is 0 Å². The summed E-state index contributed by atoms with van der Waals surface area (Å²) in [6.07, 6.45) is -0.399. The third-order valence-electron chi connectivity index (χ3n) is 3.76. The summed E-state index contributed by atoms with van der Waals surface area (Å²) in [5.74, 6) is 0. The Labute approximate surface area is 122 Å². The van der Waals surface area contributed by atoms with Crippen LogP contribution in [0.15, 0.2) is 24.3 Å². The summed E-state index contributed by atoms with van der Waals surface area (Å²) in [4.78, 5) is 4.62. The molecule has 0 bridgehead atoms. The highest BCUT2D eigenvalue weighted by atomic mass is 16.5. The Hall–Kier alpha value is -0.940. The summed E-state index contributed by atoms with van der Waals surface area (Å²) in [5.41, 5.74) is 2.41. The van der Waals surface area contributed by atoms with Crippen molar-refractivity contribution in [3.63, 3.8) is 0 Å². The number of aliphatic hydroxyl groups excluding tert-OH is 1. The summed E-state index contributed by atoms with van der Waals surface area (Å²) in [6.45, 7) is 7.98. The lowest BCUT2D eigenvalue weighted by Crippen LogP contribution is -2.47. The number of piperazine rings is 1.